The predicted octanol–water partition coefficient (Wildman–Crippen LogP) is 3.10. The number of carbonyl (C=O) groups excluding carboxylic acids is 1. The molecule has 0 aliphatic heterocycles. The summed E-state index contributed by atoms with van der Waals surface area (Å²) in [5.74, 6) is -1.94. The van der Waals surface area contributed by atoms with Gasteiger partial charge in [0.15, 0.2) is 5.78 Å². The average molecular weight is 277 g/mol. The Kier molecular flexibility index (Phi) is 3.70. The molecule has 0 spiro atoms. The molecule has 2 aromatic rings. The van der Waals surface area contributed by atoms with Gasteiger partial charge in [-0.1, -0.05) is 0 Å². The molecule has 0 atom stereocenters. The molecule has 0 aliphatic carbocycles. The fourth-order valence-electron chi connectivity index (χ4n) is 1.91. The normalized spacial score (nSPS) is 10.4. The Labute approximate surface area is 115 Å². The fraction of sp³-hybridized carbons (Fsp3) is 0.133. The fourth-order valence-corrected chi connectivity index (χ4v) is 1.91. The standard InChI is InChI=1S/C15H13F2NO2/c1-8-5-9(18)6-12(14(8)17)15(19)11-4-3-10(20-2)7-13(11)16/h3-7H,18H2,1-2H3. The van der Waals surface area contributed by atoms with Crippen LogP contribution in [0.2, 0.25) is 0 Å². The van der Waals surface area contributed by atoms with Gasteiger partial charge in [0.2, 0.25) is 0 Å². The van der Waals surface area contributed by atoms with Crippen molar-refractivity contribution >= 4 is 11.5 Å². The van der Waals surface area contributed by atoms with E-state index in [-0.39, 0.29) is 28.1 Å². The van der Waals surface area contributed by atoms with Gasteiger partial charge in [-0.15, -0.1) is 0 Å². The summed E-state index contributed by atoms with van der Waals surface area (Å²) in [6.45, 7) is 1.49. The van der Waals surface area contributed by atoms with Crippen molar-refractivity contribution in [1.29, 1.82) is 0 Å². The highest BCUT2D eigenvalue weighted by atomic mass is 19.1. The van der Waals surface area contributed by atoms with E-state index in [1.54, 1.807) is 0 Å². The molecule has 5 heteroatoms. The minimum Gasteiger partial charge on any atom is -0.497 e. The van der Waals surface area contributed by atoms with Crippen molar-refractivity contribution in [2.24, 2.45) is 0 Å². The molecule has 0 saturated carbocycles. The van der Waals surface area contributed by atoms with E-state index in [0.717, 1.165) is 6.07 Å². The van der Waals surface area contributed by atoms with Crippen LogP contribution in [0.25, 0.3) is 0 Å². The first-order valence-electron chi connectivity index (χ1n) is 5.88. The third kappa shape index (κ3) is 2.47. The SMILES string of the molecule is COc1ccc(C(=O)c2cc(N)cc(C)c2F)c(F)c1. The molecule has 0 aliphatic rings. The van der Waals surface area contributed by atoms with Crippen molar-refractivity contribution < 1.29 is 18.3 Å². The molecule has 0 saturated heterocycles. The van der Waals surface area contributed by atoms with Gasteiger partial charge in [0.25, 0.3) is 0 Å². The zero-order valence-corrected chi connectivity index (χ0v) is 11.0. The van der Waals surface area contributed by atoms with Gasteiger partial charge in [0.1, 0.15) is 17.4 Å². The van der Waals surface area contributed by atoms with Crippen molar-refractivity contribution in [2.45, 2.75) is 6.92 Å². The summed E-state index contributed by atoms with van der Waals surface area (Å²) in [6, 6.07) is 6.39. The van der Waals surface area contributed by atoms with E-state index < -0.39 is 17.4 Å². The van der Waals surface area contributed by atoms with Crippen molar-refractivity contribution in [3.05, 3.63) is 58.7 Å². The van der Waals surface area contributed by atoms with Gasteiger partial charge < -0.3 is 10.5 Å². The number of ketones is 1. The molecule has 20 heavy (non-hydrogen) atoms. The Morgan fingerprint density at radius 3 is 2.45 bits per heavy atom. The number of rotatable bonds is 3. The first kappa shape index (κ1) is 14.0. The first-order valence-corrected chi connectivity index (χ1v) is 5.88. The zero-order chi connectivity index (χ0) is 14.9. The summed E-state index contributed by atoms with van der Waals surface area (Å²) >= 11 is 0. The summed E-state index contributed by atoms with van der Waals surface area (Å²) < 4.78 is 32.7. The highest BCUT2D eigenvalue weighted by Gasteiger charge is 2.20. The lowest BCUT2D eigenvalue weighted by Gasteiger charge is -2.08. The van der Waals surface area contributed by atoms with Crippen LogP contribution in [0.15, 0.2) is 30.3 Å². The minimum atomic E-state index is -0.770. The van der Waals surface area contributed by atoms with Crippen LogP contribution >= 0.6 is 0 Å². The van der Waals surface area contributed by atoms with Gasteiger partial charge in [0, 0.05) is 11.8 Å². The van der Waals surface area contributed by atoms with Crippen molar-refractivity contribution in [1.82, 2.24) is 0 Å². The van der Waals surface area contributed by atoms with Crippen molar-refractivity contribution in [2.75, 3.05) is 12.8 Å². The van der Waals surface area contributed by atoms with Crippen LogP contribution in [0.5, 0.6) is 5.75 Å². The van der Waals surface area contributed by atoms with Crippen LogP contribution in [-0.2, 0) is 0 Å². The van der Waals surface area contributed by atoms with E-state index >= 15 is 0 Å². The van der Waals surface area contributed by atoms with E-state index in [2.05, 4.69) is 0 Å². The van der Waals surface area contributed by atoms with E-state index in [1.165, 1.54) is 38.3 Å². The van der Waals surface area contributed by atoms with Gasteiger partial charge in [-0.2, -0.15) is 0 Å². The number of anilines is 1. The maximum Gasteiger partial charge on any atom is 0.199 e. The maximum atomic E-state index is 14.0. The van der Waals surface area contributed by atoms with Gasteiger partial charge >= 0.3 is 0 Å². The number of hydrogen-bond acceptors (Lipinski definition) is 3. The lowest BCUT2D eigenvalue weighted by Crippen LogP contribution is -2.09. The van der Waals surface area contributed by atoms with E-state index in [1.807, 2.05) is 0 Å². The first-order chi connectivity index (χ1) is 9.43. The van der Waals surface area contributed by atoms with Crippen LogP contribution in [0, 0.1) is 18.6 Å². The number of halogens is 2. The number of methoxy groups -OCH3 is 1. The molecule has 0 unspecified atom stereocenters. The van der Waals surface area contributed by atoms with Crippen molar-refractivity contribution in [3.63, 3.8) is 0 Å². The van der Waals surface area contributed by atoms with E-state index in [0.29, 0.717) is 0 Å². The minimum absolute atomic E-state index is 0.227. The molecule has 3 nitrogen and oxygen atoms in total. The monoisotopic (exact) mass is 277 g/mol. The molecule has 2 N–H and O–H groups in total. The van der Waals surface area contributed by atoms with Gasteiger partial charge in [-0.25, -0.2) is 8.78 Å². The topological polar surface area (TPSA) is 52.3 Å². The molecule has 0 aromatic heterocycles. The number of ether oxygens (including phenoxy) is 1. The third-order valence-corrected chi connectivity index (χ3v) is 2.94. The molecule has 0 fully saturated rings. The predicted molar refractivity (Wildman–Crippen MR) is 71.9 cm³/mol. The summed E-state index contributed by atoms with van der Waals surface area (Å²) in [7, 11) is 1.39. The lowest BCUT2D eigenvalue weighted by atomic mass is 9.99. The molecule has 104 valence electrons. The van der Waals surface area contributed by atoms with Crippen LogP contribution in [0.4, 0.5) is 14.5 Å². The number of hydrogen-bond donors (Lipinski definition) is 1. The Morgan fingerprint density at radius 2 is 1.85 bits per heavy atom. The molecule has 2 aromatic carbocycles. The summed E-state index contributed by atoms with van der Waals surface area (Å²) in [6.07, 6.45) is 0. The zero-order valence-electron chi connectivity index (χ0n) is 11.0. The number of carbonyl (C=O) groups is 1. The third-order valence-electron chi connectivity index (χ3n) is 2.94. The van der Waals surface area contributed by atoms with Gasteiger partial charge in [-0.3, -0.25) is 4.79 Å². The molecular formula is C15H13F2NO2. The van der Waals surface area contributed by atoms with Crippen LogP contribution in [0.1, 0.15) is 21.5 Å². The molecule has 0 amide bonds. The molecule has 0 radical (unpaired) electrons. The van der Waals surface area contributed by atoms with Crippen LogP contribution in [-0.4, -0.2) is 12.9 Å². The molecule has 2 rings (SSSR count). The van der Waals surface area contributed by atoms with Gasteiger partial charge in [0.05, 0.1) is 18.2 Å². The largest absolute Gasteiger partial charge is 0.497 e. The second-order valence-electron chi connectivity index (χ2n) is 4.37. The molecule has 0 heterocycles. The molecular weight excluding hydrogens is 264 g/mol. The maximum absolute atomic E-state index is 14.0. The summed E-state index contributed by atoms with van der Waals surface area (Å²) in [5, 5.41) is 0. The second-order valence-corrected chi connectivity index (χ2v) is 4.37. The second kappa shape index (κ2) is 5.28. The lowest BCUT2D eigenvalue weighted by molar-refractivity contribution is 0.103. The van der Waals surface area contributed by atoms with E-state index in [9.17, 15) is 13.6 Å². The smallest absolute Gasteiger partial charge is 0.199 e. The van der Waals surface area contributed by atoms with Gasteiger partial charge in [-0.05, 0) is 36.8 Å². The summed E-state index contributed by atoms with van der Waals surface area (Å²) in [4.78, 5) is 12.2. The molecule has 0 bridgehead atoms. The average Bonchev–Trinajstić information content (AvgIpc) is 2.41. The number of nitrogen functional groups attached to an aromatic ring is 1. The number of aryl methyl sites for hydroxylation is 1. The Morgan fingerprint density at radius 1 is 1.15 bits per heavy atom. The van der Waals surface area contributed by atoms with Crippen molar-refractivity contribution in [3.8, 4) is 5.75 Å². The van der Waals surface area contributed by atoms with Crippen LogP contribution in [0.3, 0.4) is 0 Å². The highest BCUT2D eigenvalue weighted by Crippen LogP contribution is 2.23. The Balaban J connectivity index is 2.52. The summed E-state index contributed by atoms with van der Waals surface area (Å²) in [5.41, 5.74) is 5.61. The highest BCUT2D eigenvalue weighted by molar-refractivity contribution is 6.10. The number of benzene rings is 2. The van der Waals surface area contributed by atoms with E-state index in [4.69, 9.17) is 10.5 Å². The Hall–Kier alpha value is -2.43. The van der Waals surface area contributed by atoms with Crippen LogP contribution < -0.4 is 10.5 Å². The Bertz CT molecular complexity index is 684. The number of nitrogens with two attached hydrogens (primary N) is 1. The quantitative estimate of drug-likeness (QED) is 0.693.